The zero-order valence-corrected chi connectivity index (χ0v) is 12.5. The molecule has 3 rings (SSSR count). The molecule has 2 atom stereocenters. The Morgan fingerprint density at radius 2 is 1.81 bits per heavy atom. The molecule has 0 radical (unpaired) electrons. The molecular formula is C17H24N2O2. The molecule has 2 fully saturated rings. The zero-order valence-electron chi connectivity index (χ0n) is 12.5. The third-order valence-electron chi connectivity index (χ3n) is 5.03. The van der Waals surface area contributed by atoms with E-state index in [4.69, 9.17) is 10.5 Å². The fraction of sp³-hybridized carbons (Fsp3) is 0.588. The van der Waals surface area contributed by atoms with E-state index >= 15 is 0 Å². The first-order chi connectivity index (χ1) is 10.2. The Balaban J connectivity index is 1.68. The summed E-state index contributed by atoms with van der Waals surface area (Å²) < 4.78 is 5.13. The molecule has 1 aromatic rings. The number of benzene rings is 1. The number of nitrogens with one attached hydrogen (secondary N) is 1. The third kappa shape index (κ3) is 3.05. The molecule has 2 bridgehead atoms. The molecule has 2 aliphatic carbocycles. The van der Waals surface area contributed by atoms with Crippen LogP contribution in [0.25, 0.3) is 0 Å². The van der Waals surface area contributed by atoms with E-state index in [1.807, 2.05) is 24.3 Å². The Hall–Kier alpha value is -1.55. The topological polar surface area (TPSA) is 64.3 Å². The Morgan fingerprint density at radius 1 is 1.19 bits per heavy atom. The number of nitrogens with two attached hydrogens (primary N) is 1. The van der Waals surface area contributed by atoms with Crippen molar-refractivity contribution in [1.29, 1.82) is 0 Å². The smallest absolute Gasteiger partial charge is 0.251 e. The quantitative estimate of drug-likeness (QED) is 0.897. The van der Waals surface area contributed by atoms with Crippen LogP contribution in [0.3, 0.4) is 0 Å². The highest BCUT2D eigenvalue weighted by Gasteiger charge is 2.39. The summed E-state index contributed by atoms with van der Waals surface area (Å²) in [6.45, 7) is 0. The van der Waals surface area contributed by atoms with Gasteiger partial charge in [-0.3, -0.25) is 4.79 Å². The van der Waals surface area contributed by atoms with E-state index in [0.29, 0.717) is 29.5 Å². The van der Waals surface area contributed by atoms with Gasteiger partial charge in [-0.25, -0.2) is 0 Å². The zero-order chi connectivity index (χ0) is 14.8. The van der Waals surface area contributed by atoms with Gasteiger partial charge in [-0.2, -0.15) is 0 Å². The minimum atomic E-state index is 0.0232. The number of amides is 1. The maximum atomic E-state index is 12.4. The summed E-state index contributed by atoms with van der Waals surface area (Å²) in [5.74, 6) is 1.89. The molecule has 114 valence electrons. The molecule has 1 aromatic carbocycles. The molecule has 1 amide bonds. The van der Waals surface area contributed by atoms with Gasteiger partial charge in [0.2, 0.25) is 0 Å². The van der Waals surface area contributed by atoms with Crippen molar-refractivity contribution in [2.75, 3.05) is 7.11 Å². The summed E-state index contributed by atoms with van der Waals surface area (Å²) >= 11 is 0. The van der Waals surface area contributed by atoms with Crippen LogP contribution in [0, 0.1) is 11.8 Å². The fourth-order valence-corrected chi connectivity index (χ4v) is 4.00. The maximum absolute atomic E-state index is 12.4. The monoisotopic (exact) mass is 288 g/mol. The summed E-state index contributed by atoms with van der Waals surface area (Å²) in [7, 11) is 1.63. The van der Waals surface area contributed by atoms with E-state index in [2.05, 4.69) is 5.32 Å². The molecule has 4 nitrogen and oxygen atoms in total. The van der Waals surface area contributed by atoms with E-state index in [1.165, 1.54) is 19.3 Å². The second-order valence-corrected chi connectivity index (χ2v) is 6.41. The Labute approximate surface area is 126 Å². The molecule has 0 spiro atoms. The molecule has 2 aliphatic rings. The van der Waals surface area contributed by atoms with Gasteiger partial charge >= 0.3 is 0 Å². The molecular weight excluding hydrogens is 264 g/mol. The van der Waals surface area contributed by atoms with Crippen molar-refractivity contribution in [1.82, 2.24) is 5.32 Å². The predicted octanol–water partition coefficient (Wildman–Crippen LogP) is 2.33. The van der Waals surface area contributed by atoms with Gasteiger partial charge in [-0.05, 0) is 61.8 Å². The molecule has 0 aromatic heterocycles. The molecule has 21 heavy (non-hydrogen) atoms. The fourth-order valence-electron chi connectivity index (χ4n) is 4.00. The van der Waals surface area contributed by atoms with Gasteiger partial charge in [0, 0.05) is 17.6 Å². The highest BCUT2D eigenvalue weighted by Crippen LogP contribution is 2.39. The van der Waals surface area contributed by atoms with E-state index in [-0.39, 0.29) is 5.91 Å². The lowest BCUT2D eigenvalue weighted by molar-refractivity contribution is 0.0756. The molecule has 0 heterocycles. The minimum absolute atomic E-state index is 0.0232. The van der Waals surface area contributed by atoms with Crippen LogP contribution in [-0.4, -0.2) is 25.1 Å². The number of methoxy groups -OCH3 is 1. The Morgan fingerprint density at radius 3 is 2.38 bits per heavy atom. The van der Waals surface area contributed by atoms with Crippen LogP contribution in [-0.2, 0) is 0 Å². The first-order valence-corrected chi connectivity index (χ1v) is 7.88. The molecule has 3 N–H and O–H groups in total. The standard InChI is InChI=1S/C17H24N2O2/c1-21-15-7-5-11(6-8-15)17(20)19-16-12-3-2-4-13(16)10-14(18)9-12/h5-8,12-14,16H,2-4,9-10,18H2,1H3,(H,19,20). The van der Waals surface area contributed by atoms with E-state index in [0.717, 1.165) is 18.6 Å². The number of carbonyl (C=O) groups is 1. The van der Waals surface area contributed by atoms with Crippen molar-refractivity contribution in [3.8, 4) is 5.75 Å². The lowest BCUT2D eigenvalue weighted by Crippen LogP contribution is -2.53. The van der Waals surface area contributed by atoms with Crippen LogP contribution in [0.4, 0.5) is 0 Å². The van der Waals surface area contributed by atoms with Crippen molar-refractivity contribution in [3.05, 3.63) is 29.8 Å². The van der Waals surface area contributed by atoms with Crippen LogP contribution in [0.5, 0.6) is 5.75 Å². The minimum Gasteiger partial charge on any atom is -0.497 e. The van der Waals surface area contributed by atoms with Crippen LogP contribution < -0.4 is 15.8 Å². The number of hydrogen-bond donors (Lipinski definition) is 2. The summed E-state index contributed by atoms with van der Waals surface area (Å²) in [6.07, 6.45) is 5.75. The summed E-state index contributed by atoms with van der Waals surface area (Å²) in [5.41, 5.74) is 6.83. The van der Waals surface area contributed by atoms with E-state index in [9.17, 15) is 4.79 Å². The third-order valence-corrected chi connectivity index (χ3v) is 5.03. The first kappa shape index (κ1) is 14.4. The van der Waals surface area contributed by atoms with Crippen molar-refractivity contribution in [3.63, 3.8) is 0 Å². The van der Waals surface area contributed by atoms with Crippen molar-refractivity contribution in [2.45, 2.75) is 44.2 Å². The van der Waals surface area contributed by atoms with Crippen molar-refractivity contribution >= 4 is 5.91 Å². The van der Waals surface area contributed by atoms with Gasteiger partial charge < -0.3 is 15.8 Å². The molecule has 0 saturated heterocycles. The van der Waals surface area contributed by atoms with Gasteiger partial charge in [0.1, 0.15) is 5.75 Å². The van der Waals surface area contributed by atoms with Crippen LogP contribution in [0.1, 0.15) is 42.5 Å². The van der Waals surface area contributed by atoms with Crippen LogP contribution >= 0.6 is 0 Å². The number of rotatable bonds is 3. The summed E-state index contributed by atoms with van der Waals surface area (Å²) in [6, 6.07) is 7.90. The van der Waals surface area contributed by atoms with Gasteiger partial charge in [0.25, 0.3) is 5.91 Å². The second-order valence-electron chi connectivity index (χ2n) is 6.41. The van der Waals surface area contributed by atoms with Gasteiger partial charge in [-0.15, -0.1) is 0 Å². The second kappa shape index (κ2) is 6.06. The van der Waals surface area contributed by atoms with Gasteiger partial charge in [0.05, 0.1) is 7.11 Å². The molecule has 2 saturated carbocycles. The summed E-state index contributed by atoms with van der Waals surface area (Å²) in [5, 5.41) is 3.26. The normalized spacial score (nSPS) is 31.5. The number of carbonyl (C=O) groups excluding carboxylic acids is 1. The highest BCUT2D eigenvalue weighted by atomic mass is 16.5. The number of hydrogen-bond acceptors (Lipinski definition) is 3. The highest BCUT2D eigenvalue weighted by molar-refractivity contribution is 5.94. The van der Waals surface area contributed by atoms with Crippen molar-refractivity contribution in [2.24, 2.45) is 17.6 Å². The predicted molar refractivity (Wildman–Crippen MR) is 82.3 cm³/mol. The molecule has 4 heteroatoms. The van der Waals surface area contributed by atoms with Gasteiger partial charge in [0.15, 0.2) is 0 Å². The van der Waals surface area contributed by atoms with Crippen LogP contribution in [0.2, 0.25) is 0 Å². The first-order valence-electron chi connectivity index (χ1n) is 7.88. The van der Waals surface area contributed by atoms with Crippen molar-refractivity contribution < 1.29 is 9.53 Å². The molecule has 0 aliphatic heterocycles. The summed E-state index contributed by atoms with van der Waals surface area (Å²) in [4.78, 5) is 12.4. The lowest BCUT2D eigenvalue weighted by Gasteiger charge is -2.45. The largest absolute Gasteiger partial charge is 0.497 e. The Kier molecular flexibility index (Phi) is 4.15. The van der Waals surface area contributed by atoms with Crippen LogP contribution in [0.15, 0.2) is 24.3 Å². The van der Waals surface area contributed by atoms with E-state index in [1.54, 1.807) is 7.11 Å². The maximum Gasteiger partial charge on any atom is 0.251 e. The number of ether oxygens (including phenoxy) is 1. The Bertz CT molecular complexity index is 486. The lowest BCUT2D eigenvalue weighted by atomic mass is 9.67. The average Bonchev–Trinajstić information content (AvgIpc) is 2.48. The average molecular weight is 288 g/mol. The van der Waals surface area contributed by atoms with Gasteiger partial charge in [-0.1, -0.05) is 6.42 Å². The number of fused-ring (bicyclic) bond motifs is 2. The molecule has 2 unspecified atom stereocenters. The SMILES string of the molecule is COc1ccc(C(=O)NC2C3CCCC2CC(N)C3)cc1. The van der Waals surface area contributed by atoms with E-state index < -0.39 is 0 Å².